The van der Waals surface area contributed by atoms with Crippen LogP contribution in [0, 0.1) is 5.41 Å². The normalized spacial score (nSPS) is 10.7. The summed E-state index contributed by atoms with van der Waals surface area (Å²) in [6.07, 6.45) is 5.19. The molecule has 156 valence electrons. The zero-order valence-electron chi connectivity index (χ0n) is 17.9. The summed E-state index contributed by atoms with van der Waals surface area (Å²) in [5, 5.41) is 15.2. The van der Waals surface area contributed by atoms with E-state index in [0.29, 0.717) is 30.3 Å². The molecule has 0 atom stereocenters. The summed E-state index contributed by atoms with van der Waals surface area (Å²) in [7, 11) is 0. The van der Waals surface area contributed by atoms with Gasteiger partial charge in [0.15, 0.2) is 0 Å². The molecule has 0 aromatic carbocycles. The average molecular weight is 405 g/mol. The third kappa shape index (κ3) is 5.11. The number of rotatable bonds is 9. The quantitative estimate of drug-likeness (QED) is 0.445. The molecule has 7 heteroatoms. The first kappa shape index (κ1) is 21.2. The molecule has 0 radical (unpaired) electrons. The summed E-state index contributed by atoms with van der Waals surface area (Å²) in [5.74, 6) is 0.668. The van der Waals surface area contributed by atoms with Crippen molar-refractivity contribution in [2.24, 2.45) is 0 Å². The Labute approximate surface area is 177 Å². The van der Waals surface area contributed by atoms with Crippen molar-refractivity contribution in [3.63, 3.8) is 0 Å². The summed E-state index contributed by atoms with van der Waals surface area (Å²) < 4.78 is 5.75. The first-order valence-electron chi connectivity index (χ1n) is 10.1. The first-order chi connectivity index (χ1) is 14.5. The summed E-state index contributed by atoms with van der Waals surface area (Å²) in [6, 6.07) is 9.89. The number of hydrogen-bond donors (Lipinski definition) is 3. The van der Waals surface area contributed by atoms with Gasteiger partial charge < -0.3 is 20.8 Å². The Morgan fingerprint density at radius 3 is 2.70 bits per heavy atom. The fourth-order valence-electron chi connectivity index (χ4n) is 3.08. The Morgan fingerprint density at radius 2 is 2.03 bits per heavy atom. The van der Waals surface area contributed by atoms with Crippen LogP contribution >= 0.6 is 0 Å². The number of anilines is 2. The highest BCUT2D eigenvalue weighted by Gasteiger charge is 2.18. The molecule has 0 aliphatic rings. The standard InChI is InChI=1S/C23H28N6O/c1-5-30-21-14-25-11-9-18(21)19-12-20(27-13-17-8-6-7-10-26-17)23(28-15(2)3)22(29-19)16(4)24/h6-12,14-15,24,28H,5,13H2,1-4H3,(H,27,29). The van der Waals surface area contributed by atoms with Crippen molar-refractivity contribution >= 4 is 17.1 Å². The average Bonchev–Trinajstić information content (AvgIpc) is 2.73. The minimum atomic E-state index is 0.186. The van der Waals surface area contributed by atoms with E-state index in [9.17, 15) is 0 Å². The highest BCUT2D eigenvalue weighted by Crippen LogP contribution is 2.35. The monoisotopic (exact) mass is 404 g/mol. The molecule has 0 aliphatic carbocycles. The van der Waals surface area contributed by atoms with E-state index in [-0.39, 0.29) is 6.04 Å². The van der Waals surface area contributed by atoms with Gasteiger partial charge in [0.1, 0.15) is 11.4 Å². The van der Waals surface area contributed by atoms with Gasteiger partial charge in [0.25, 0.3) is 0 Å². The SMILES string of the molecule is CCOc1cnccc1-c1cc(NCc2ccccn2)c(NC(C)C)c(C(C)=N)n1. The second-order valence-electron chi connectivity index (χ2n) is 7.18. The number of pyridine rings is 3. The predicted molar refractivity (Wildman–Crippen MR) is 121 cm³/mol. The Balaban J connectivity index is 2.10. The molecule has 0 aliphatic heterocycles. The molecule has 0 spiro atoms. The predicted octanol–water partition coefficient (Wildman–Crippen LogP) is 4.76. The van der Waals surface area contributed by atoms with Crippen LogP contribution in [0.3, 0.4) is 0 Å². The number of aromatic nitrogens is 3. The van der Waals surface area contributed by atoms with Crippen LogP contribution in [-0.4, -0.2) is 33.3 Å². The third-order valence-electron chi connectivity index (χ3n) is 4.35. The minimum absolute atomic E-state index is 0.186. The zero-order chi connectivity index (χ0) is 21.5. The van der Waals surface area contributed by atoms with Crippen molar-refractivity contribution in [2.75, 3.05) is 17.2 Å². The van der Waals surface area contributed by atoms with Gasteiger partial charge in [-0.25, -0.2) is 4.98 Å². The van der Waals surface area contributed by atoms with Crippen LogP contribution in [0.1, 0.15) is 39.1 Å². The van der Waals surface area contributed by atoms with E-state index < -0.39 is 0 Å². The van der Waals surface area contributed by atoms with Crippen LogP contribution < -0.4 is 15.4 Å². The van der Waals surface area contributed by atoms with Gasteiger partial charge in [0, 0.05) is 24.0 Å². The van der Waals surface area contributed by atoms with E-state index in [2.05, 4.69) is 34.4 Å². The van der Waals surface area contributed by atoms with Gasteiger partial charge in [0.2, 0.25) is 0 Å². The van der Waals surface area contributed by atoms with E-state index in [4.69, 9.17) is 15.1 Å². The second-order valence-corrected chi connectivity index (χ2v) is 7.18. The van der Waals surface area contributed by atoms with Gasteiger partial charge >= 0.3 is 0 Å². The molecule has 30 heavy (non-hydrogen) atoms. The van der Waals surface area contributed by atoms with Crippen molar-refractivity contribution in [3.05, 3.63) is 60.3 Å². The van der Waals surface area contributed by atoms with E-state index in [1.165, 1.54) is 0 Å². The van der Waals surface area contributed by atoms with E-state index in [0.717, 1.165) is 28.3 Å². The van der Waals surface area contributed by atoms with Crippen LogP contribution in [0.2, 0.25) is 0 Å². The van der Waals surface area contributed by atoms with Crippen LogP contribution in [0.4, 0.5) is 11.4 Å². The summed E-state index contributed by atoms with van der Waals surface area (Å²) in [5.41, 5.74) is 5.14. The van der Waals surface area contributed by atoms with Crippen LogP contribution in [0.15, 0.2) is 48.9 Å². The molecular formula is C23H28N6O. The Morgan fingerprint density at radius 1 is 1.20 bits per heavy atom. The Bertz CT molecular complexity index is 1000. The van der Waals surface area contributed by atoms with Gasteiger partial charge in [-0.1, -0.05) is 6.07 Å². The van der Waals surface area contributed by atoms with Gasteiger partial charge in [-0.3, -0.25) is 9.97 Å². The van der Waals surface area contributed by atoms with Crippen LogP contribution in [0.5, 0.6) is 5.75 Å². The van der Waals surface area contributed by atoms with E-state index in [1.54, 1.807) is 25.5 Å². The molecule has 7 nitrogen and oxygen atoms in total. The lowest BCUT2D eigenvalue weighted by Gasteiger charge is -2.21. The molecule has 0 saturated carbocycles. The first-order valence-corrected chi connectivity index (χ1v) is 10.1. The molecule has 3 N–H and O–H groups in total. The molecule has 3 aromatic rings. The third-order valence-corrected chi connectivity index (χ3v) is 4.35. The minimum Gasteiger partial charge on any atom is -0.492 e. The maximum absolute atomic E-state index is 8.32. The number of nitrogens with one attached hydrogen (secondary N) is 3. The van der Waals surface area contributed by atoms with Crippen molar-refractivity contribution in [2.45, 2.75) is 40.3 Å². The molecule has 3 aromatic heterocycles. The van der Waals surface area contributed by atoms with E-state index in [1.807, 2.05) is 37.3 Å². The Hall–Kier alpha value is -3.48. The molecule has 0 bridgehead atoms. The van der Waals surface area contributed by atoms with Crippen molar-refractivity contribution in [1.82, 2.24) is 15.0 Å². The number of hydrogen-bond acceptors (Lipinski definition) is 7. The fourth-order valence-corrected chi connectivity index (χ4v) is 3.08. The van der Waals surface area contributed by atoms with Gasteiger partial charge in [-0.05, 0) is 52.0 Å². The van der Waals surface area contributed by atoms with Crippen molar-refractivity contribution < 1.29 is 4.74 Å². The lowest BCUT2D eigenvalue weighted by molar-refractivity contribution is 0.340. The lowest BCUT2D eigenvalue weighted by Crippen LogP contribution is -2.17. The molecule has 0 fully saturated rings. The number of nitrogens with zero attached hydrogens (tertiary/aromatic N) is 3. The molecule has 0 amide bonds. The largest absolute Gasteiger partial charge is 0.492 e. The summed E-state index contributed by atoms with van der Waals surface area (Å²) in [6.45, 7) is 8.91. The molecule has 3 rings (SSSR count). The number of ether oxygens (including phenoxy) is 1. The molecule has 3 heterocycles. The topological polar surface area (TPSA) is 95.8 Å². The van der Waals surface area contributed by atoms with Gasteiger partial charge in [-0.2, -0.15) is 0 Å². The van der Waals surface area contributed by atoms with Gasteiger partial charge in [0.05, 0.1) is 47.8 Å². The van der Waals surface area contributed by atoms with Crippen LogP contribution in [-0.2, 0) is 6.54 Å². The highest BCUT2D eigenvalue weighted by molar-refractivity contribution is 6.03. The maximum atomic E-state index is 8.32. The molecule has 0 unspecified atom stereocenters. The maximum Gasteiger partial charge on any atom is 0.146 e. The summed E-state index contributed by atoms with van der Waals surface area (Å²) in [4.78, 5) is 13.4. The van der Waals surface area contributed by atoms with Crippen LogP contribution in [0.25, 0.3) is 11.3 Å². The Kier molecular flexibility index (Phi) is 6.95. The molecular weight excluding hydrogens is 376 g/mol. The fraction of sp³-hybridized carbons (Fsp3) is 0.304. The van der Waals surface area contributed by atoms with Crippen molar-refractivity contribution in [1.29, 1.82) is 5.41 Å². The molecule has 0 saturated heterocycles. The second kappa shape index (κ2) is 9.82. The smallest absolute Gasteiger partial charge is 0.146 e. The lowest BCUT2D eigenvalue weighted by atomic mass is 10.1. The van der Waals surface area contributed by atoms with E-state index >= 15 is 0 Å². The zero-order valence-corrected chi connectivity index (χ0v) is 17.9. The summed E-state index contributed by atoms with van der Waals surface area (Å²) >= 11 is 0. The highest BCUT2D eigenvalue weighted by atomic mass is 16.5. The van der Waals surface area contributed by atoms with Crippen molar-refractivity contribution in [3.8, 4) is 17.0 Å². The van der Waals surface area contributed by atoms with Gasteiger partial charge in [-0.15, -0.1) is 0 Å².